The van der Waals surface area contributed by atoms with E-state index in [0.29, 0.717) is 0 Å². The summed E-state index contributed by atoms with van der Waals surface area (Å²) < 4.78 is 0. The number of nitrogens with one attached hydrogen (secondary N) is 1. The van der Waals surface area contributed by atoms with Gasteiger partial charge in [0, 0.05) is 0 Å². The van der Waals surface area contributed by atoms with E-state index in [0.717, 1.165) is 0 Å². The van der Waals surface area contributed by atoms with Gasteiger partial charge in [0.15, 0.2) is 12.0 Å². The Hall–Kier alpha value is -1.07. The van der Waals surface area contributed by atoms with Crippen molar-refractivity contribution in [3.8, 4) is 0 Å². The van der Waals surface area contributed by atoms with Gasteiger partial charge in [0.25, 0.3) is 0 Å². The predicted molar refractivity (Wildman–Crippen MR) is 33.6 cm³/mol. The van der Waals surface area contributed by atoms with Crippen LogP contribution in [0.25, 0.3) is 0 Å². The van der Waals surface area contributed by atoms with Gasteiger partial charge in [-0.25, -0.2) is 0 Å². The fraction of sp³-hybridized carbons (Fsp3) is 0.500. The SMILES string of the molecule is O=CC1(O)CC(=O)C(=O)CN1. The zero-order chi connectivity index (χ0) is 8.48. The highest BCUT2D eigenvalue weighted by Crippen LogP contribution is 2.08. The second-order valence-corrected chi connectivity index (χ2v) is 2.42. The molecule has 2 N–H and O–H groups in total. The van der Waals surface area contributed by atoms with E-state index in [2.05, 4.69) is 5.32 Å². The van der Waals surface area contributed by atoms with Gasteiger partial charge in [0.1, 0.15) is 0 Å². The Morgan fingerprint density at radius 1 is 1.45 bits per heavy atom. The van der Waals surface area contributed by atoms with Gasteiger partial charge < -0.3 is 5.11 Å². The molecule has 1 aliphatic heterocycles. The third kappa shape index (κ3) is 1.50. The Labute approximate surface area is 62.4 Å². The molecule has 0 saturated carbocycles. The minimum atomic E-state index is -1.83. The normalized spacial score (nSPS) is 32.1. The Bertz CT molecular complexity index is 225. The number of carbonyl (C=O) groups excluding carboxylic acids is 3. The highest BCUT2D eigenvalue weighted by atomic mass is 16.3. The molecular formula is C6H7NO4. The lowest BCUT2D eigenvalue weighted by atomic mass is 10.0. The summed E-state index contributed by atoms with van der Waals surface area (Å²) >= 11 is 0. The molecule has 0 bridgehead atoms. The third-order valence-corrected chi connectivity index (χ3v) is 1.49. The molecule has 1 atom stereocenters. The van der Waals surface area contributed by atoms with Crippen LogP contribution in [0.1, 0.15) is 6.42 Å². The zero-order valence-electron chi connectivity index (χ0n) is 5.66. The fourth-order valence-electron chi connectivity index (χ4n) is 0.821. The summed E-state index contributed by atoms with van der Waals surface area (Å²) in [5.74, 6) is -1.31. The second-order valence-electron chi connectivity index (χ2n) is 2.42. The zero-order valence-corrected chi connectivity index (χ0v) is 5.66. The summed E-state index contributed by atoms with van der Waals surface area (Å²) in [7, 11) is 0. The number of aldehydes is 1. The summed E-state index contributed by atoms with van der Waals surface area (Å²) in [5.41, 5.74) is -1.83. The van der Waals surface area contributed by atoms with Crippen LogP contribution < -0.4 is 5.32 Å². The lowest BCUT2D eigenvalue weighted by Gasteiger charge is -2.25. The summed E-state index contributed by atoms with van der Waals surface area (Å²) in [6.07, 6.45) is -0.243. The molecule has 5 nitrogen and oxygen atoms in total. The average Bonchev–Trinajstić information content (AvgIpc) is 1.98. The molecule has 60 valence electrons. The van der Waals surface area contributed by atoms with Crippen molar-refractivity contribution in [2.75, 3.05) is 6.54 Å². The van der Waals surface area contributed by atoms with E-state index in [-0.39, 0.29) is 12.8 Å². The minimum Gasteiger partial charge on any atom is -0.369 e. The van der Waals surface area contributed by atoms with Crippen LogP contribution in [-0.4, -0.2) is 35.2 Å². The average molecular weight is 157 g/mol. The quantitative estimate of drug-likeness (QED) is 0.340. The number of ketones is 2. The van der Waals surface area contributed by atoms with Crippen LogP contribution in [0.3, 0.4) is 0 Å². The highest BCUT2D eigenvalue weighted by Gasteiger charge is 2.36. The highest BCUT2D eigenvalue weighted by molar-refractivity contribution is 6.39. The number of piperidine rings is 1. The smallest absolute Gasteiger partial charge is 0.212 e. The first-order valence-corrected chi connectivity index (χ1v) is 3.07. The first kappa shape index (κ1) is 8.03. The van der Waals surface area contributed by atoms with E-state index in [9.17, 15) is 14.4 Å². The van der Waals surface area contributed by atoms with Crippen molar-refractivity contribution < 1.29 is 19.5 Å². The molecule has 0 aromatic carbocycles. The Morgan fingerprint density at radius 2 is 2.09 bits per heavy atom. The van der Waals surface area contributed by atoms with Crippen molar-refractivity contribution in [2.45, 2.75) is 12.1 Å². The lowest BCUT2D eigenvalue weighted by Crippen LogP contribution is -2.56. The molecule has 1 unspecified atom stereocenters. The largest absolute Gasteiger partial charge is 0.369 e. The van der Waals surface area contributed by atoms with Crippen LogP contribution in [0.15, 0.2) is 0 Å². The molecule has 0 aromatic rings. The van der Waals surface area contributed by atoms with Crippen molar-refractivity contribution in [3.63, 3.8) is 0 Å². The molecule has 11 heavy (non-hydrogen) atoms. The molecule has 1 aliphatic rings. The molecule has 1 saturated heterocycles. The monoisotopic (exact) mass is 157 g/mol. The number of rotatable bonds is 1. The van der Waals surface area contributed by atoms with Gasteiger partial charge in [-0.15, -0.1) is 0 Å². The van der Waals surface area contributed by atoms with Gasteiger partial charge in [0.05, 0.1) is 13.0 Å². The van der Waals surface area contributed by atoms with E-state index in [4.69, 9.17) is 5.11 Å². The Balaban J connectivity index is 2.73. The first-order valence-electron chi connectivity index (χ1n) is 3.07. The van der Waals surface area contributed by atoms with Gasteiger partial charge in [-0.2, -0.15) is 0 Å². The van der Waals surface area contributed by atoms with E-state index < -0.39 is 23.7 Å². The number of Topliss-reactive ketones (excluding diaryl/α,β-unsaturated/α-hetero) is 2. The van der Waals surface area contributed by atoms with Gasteiger partial charge >= 0.3 is 0 Å². The van der Waals surface area contributed by atoms with Crippen molar-refractivity contribution in [1.82, 2.24) is 5.32 Å². The van der Waals surface area contributed by atoms with Crippen LogP contribution in [0.5, 0.6) is 0 Å². The molecule has 1 rings (SSSR count). The molecule has 0 aromatic heterocycles. The van der Waals surface area contributed by atoms with E-state index in [1.807, 2.05) is 0 Å². The molecule has 0 radical (unpaired) electrons. The molecular weight excluding hydrogens is 150 g/mol. The molecule has 0 spiro atoms. The van der Waals surface area contributed by atoms with Gasteiger partial charge in [-0.1, -0.05) is 0 Å². The Kier molecular flexibility index (Phi) is 1.84. The maximum Gasteiger partial charge on any atom is 0.212 e. The van der Waals surface area contributed by atoms with Crippen LogP contribution >= 0.6 is 0 Å². The summed E-state index contributed by atoms with van der Waals surface area (Å²) in [6.45, 7) is -0.270. The number of aliphatic hydroxyl groups is 1. The van der Waals surface area contributed by atoms with E-state index in [1.165, 1.54) is 0 Å². The summed E-state index contributed by atoms with van der Waals surface area (Å²) in [4.78, 5) is 31.4. The van der Waals surface area contributed by atoms with Crippen molar-refractivity contribution in [3.05, 3.63) is 0 Å². The van der Waals surface area contributed by atoms with Crippen LogP contribution in [0.4, 0.5) is 0 Å². The van der Waals surface area contributed by atoms with Crippen molar-refractivity contribution in [2.24, 2.45) is 0 Å². The maximum atomic E-state index is 10.7. The number of hydrogen-bond donors (Lipinski definition) is 2. The van der Waals surface area contributed by atoms with Crippen molar-refractivity contribution >= 4 is 17.9 Å². The Morgan fingerprint density at radius 3 is 2.55 bits per heavy atom. The van der Waals surface area contributed by atoms with Gasteiger partial charge in [-0.3, -0.25) is 19.7 Å². The lowest BCUT2D eigenvalue weighted by molar-refractivity contribution is -0.148. The summed E-state index contributed by atoms with van der Waals surface area (Å²) in [6, 6.07) is 0. The van der Waals surface area contributed by atoms with Crippen LogP contribution in [0.2, 0.25) is 0 Å². The second kappa shape index (κ2) is 2.52. The van der Waals surface area contributed by atoms with Gasteiger partial charge in [0.2, 0.25) is 11.6 Å². The molecule has 0 aliphatic carbocycles. The fourth-order valence-corrected chi connectivity index (χ4v) is 0.821. The van der Waals surface area contributed by atoms with Crippen molar-refractivity contribution in [1.29, 1.82) is 0 Å². The summed E-state index contributed by atoms with van der Waals surface area (Å²) in [5, 5.41) is 11.4. The van der Waals surface area contributed by atoms with Crippen LogP contribution in [0, 0.1) is 0 Å². The maximum absolute atomic E-state index is 10.7. The predicted octanol–water partition coefficient (Wildman–Crippen LogP) is -1.99. The number of hydrogen-bond acceptors (Lipinski definition) is 5. The standard InChI is InChI=1S/C6H7NO4/c8-3-6(11)1-4(9)5(10)2-7-6/h3,7,11H,1-2H2. The van der Waals surface area contributed by atoms with Crippen LogP contribution in [-0.2, 0) is 14.4 Å². The topological polar surface area (TPSA) is 83.5 Å². The number of carbonyl (C=O) groups is 3. The molecule has 0 amide bonds. The third-order valence-electron chi connectivity index (χ3n) is 1.49. The van der Waals surface area contributed by atoms with E-state index in [1.54, 1.807) is 0 Å². The molecule has 1 fully saturated rings. The van der Waals surface area contributed by atoms with Gasteiger partial charge in [-0.05, 0) is 0 Å². The van der Waals surface area contributed by atoms with E-state index >= 15 is 0 Å². The minimum absolute atomic E-state index is 0.220. The first-order chi connectivity index (χ1) is 5.07. The molecule has 5 heteroatoms. The molecule has 1 heterocycles.